The highest BCUT2D eigenvalue weighted by Gasteiger charge is 2.09. The van der Waals surface area contributed by atoms with E-state index in [-0.39, 0.29) is 17.3 Å². The maximum atomic E-state index is 13.4. The summed E-state index contributed by atoms with van der Waals surface area (Å²) in [5, 5.41) is 2.67. The molecule has 0 aromatic heterocycles. The predicted molar refractivity (Wildman–Crippen MR) is 96.1 cm³/mol. The molecule has 0 saturated heterocycles. The van der Waals surface area contributed by atoms with Gasteiger partial charge in [0.15, 0.2) is 12.4 Å². The van der Waals surface area contributed by atoms with Gasteiger partial charge in [-0.05, 0) is 36.4 Å². The van der Waals surface area contributed by atoms with Gasteiger partial charge in [0.25, 0.3) is 0 Å². The Morgan fingerprint density at radius 3 is 2.42 bits per heavy atom. The lowest BCUT2D eigenvalue weighted by molar-refractivity contribution is -0.136. The normalized spacial score (nSPS) is 10.5. The molecule has 1 amide bonds. The van der Waals surface area contributed by atoms with Gasteiger partial charge in [-0.15, -0.1) is 0 Å². The van der Waals surface area contributed by atoms with E-state index in [1.165, 1.54) is 30.3 Å². The van der Waals surface area contributed by atoms with Crippen LogP contribution in [0.4, 0.5) is 10.1 Å². The first-order chi connectivity index (χ1) is 12.5. The molecule has 0 spiro atoms. The van der Waals surface area contributed by atoms with E-state index in [0.29, 0.717) is 17.7 Å². The number of amides is 1. The van der Waals surface area contributed by atoms with E-state index in [0.717, 1.165) is 6.08 Å². The highest BCUT2D eigenvalue weighted by atomic mass is 19.1. The number of ketones is 1. The molecule has 0 aliphatic heterocycles. The van der Waals surface area contributed by atoms with Gasteiger partial charge < -0.3 is 10.1 Å². The molecule has 2 aromatic rings. The summed E-state index contributed by atoms with van der Waals surface area (Å²) in [6, 6.07) is 12.3. The van der Waals surface area contributed by atoms with Crippen LogP contribution in [-0.2, 0) is 14.3 Å². The van der Waals surface area contributed by atoms with Crippen LogP contribution in [0.3, 0.4) is 0 Å². The van der Waals surface area contributed by atoms with Crippen LogP contribution in [-0.4, -0.2) is 24.3 Å². The number of halogens is 1. The van der Waals surface area contributed by atoms with E-state index in [4.69, 9.17) is 4.74 Å². The van der Waals surface area contributed by atoms with Gasteiger partial charge in [-0.1, -0.05) is 25.1 Å². The third-order valence-corrected chi connectivity index (χ3v) is 3.46. The van der Waals surface area contributed by atoms with E-state index in [1.54, 1.807) is 31.2 Å². The standard InChI is InChI=1S/C20H18FNO4/c1-2-19(24)22-16-10-7-15(8-11-16)18(23)13-26-20(25)12-9-14-5-3-4-6-17(14)21/h3-12H,2,13H2,1H3,(H,22,24). The van der Waals surface area contributed by atoms with Crippen LogP contribution in [0.25, 0.3) is 6.08 Å². The SMILES string of the molecule is CCC(=O)Nc1ccc(C(=O)COC(=O)C=Cc2ccccc2F)cc1. The second-order valence-corrected chi connectivity index (χ2v) is 5.36. The molecule has 0 fully saturated rings. The number of nitrogens with one attached hydrogen (secondary N) is 1. The lowest BCUT2D eigenvalue weighted by Crippen LogP contribution is -2.13. The van der Waals surface area contributed by atoms with Gasteiger partial charge in [-0.3, -0.25) is 9.59 Å². The molecule has 6 heteroatoms. The molecular weight excluding hydrogens is 337 g/mol. The highest BCUT2D eigenvalue weighted by Crippen LogP contribution is 2.11. The Labute approximate surface area is 150 Å². The van der Waals surface area contributed by atoms with Crippen LogP contribution in [0.2, 0.25) is 0 Å². The zero-order valence-electron chi connectivity index (χ0n) is 14.2. The third kappa shape index (κ3) is 5.66. The van der Waals surface area contributed by atoms with E-state index < -0.39 is 18.4 Å². The smallest absolute Gasteiger partial charge is 0.331 e. The van der Waals surface area contributed by atoms with Crippen LogP contribution in [0.1, 0.15) is 29.3 Å². The highest BCUT2D eigenvalue weighted by molar-refractivity contribution is 5.99. The van der Waals surface area contributed by atoms with Crippen molar-refractivity contribution in [2.75, 3.05) is 11.9 Å². The van der Waals surface area contributed by atoms with Gasteiger partial charge in [0.05, 0.1) is 0 Å². The molecule has 0 unspecified atom stereocenters. The Balaban J connectivity index is 1.87. The summed E-state index contributed by atoms with van der Waals surface area (Å²) in [6.45, 7) is 1.31. The van der Waals surface area contributed by atoms with Crippen molar-refractivity contribution in [1.29, 1.82) is 0 Å². The average molecular weight is 355 g/mol. The largest absolute Gasteiger partial charge is 0.454 e. The molecule has 1 N–H and O–H groups in total. The maximum Gasteiger partial charge on any atom is 0.331 e. The van der Waals surface area contributed by atoms with Crippen LogP contribution >= 0.6 is 0 Å². The van der Waals surface area contributed by atoms with Crippen molar-refractivity contribution in [2.45, 2.75) is 13.3 Å². The molecule has 0 aliphatic rings. The molecule has 0 atom stereocenters. The minimum Gasteiger partial charge on any atom is -0.454 e. The predicted octanol–water partition coefficient (Wildman–Crippen LogP) is 3.61. The first kappa shape index (κ1) is 19.1. The summed E-state index contributed by atoms with van der Waals surface area (Å²) in [6.07, 6.45) is 2.71. The lowest BCUT2D eigenvalue weighted by Gasteiger charge is -2.05. The van der Waals surface area contributed by atoms with Gasteiger partial charge in [-0.2, -0.15) is 0 Å². The number of anilines is 1. The van der Waals surface area contributed by atoms with E-state index >= 15 is 0 Å². The zero-order chi connectivity index (χ0) is 18.9. The summed E-state index contributed by atoms with van der Waals surface area (Å²) in [7, 11) is 0. The molecule has 0 heterocycles. The molecular formula is C20H18FNO4. The van der Waals surface area contributed by atoms with E-state index in [2.05, 4.69) is 5.32 Å². The Morgan fingerprint density at radius 1 is 1.08 bits per heavy atom. The second-order valence-electron chi connectivity index (χ2n) is 5.36. The molecule has 0 saturated carbocycles. The number of hydrogen-bond acceptors (Lipinski definition) is 4. The summed E-state index contributed by atoms with van der Waals surface area (Å²) >= 11 is 0. The number of ether oxygens (including phenoxy) is 1. The van der Waals surface area contributed by atoms with Crippen molar-refractivity contribution in [2.24, 2.45) is 0 Å². The number of carbonyl (C=O) groups excluding carboxylic acids is 3. The van der Waals surface area contributed by atoms with Gasteiger partial charge in [0, 0.05) is 29.3 Å². The maximum absolute atomic E-state index is 13.4. The topological polar surface area (TPSA) is 72.5 Å². The Morgan fingerprint density at radius 2 is 1.77 bits per heavy atom. The van der Waals surface area contributed by atoms with Crippen LogP contribution in [0.15, 0.2) is 54.6 Å². The second kappa shape index (κ2) is 9.27. The van der Waals surface area contributed by atoms with Crippen molar-refractivity contribution < 1.29 is 23.5 Å². The van der Waals surface area contributed by atoms with Crippen molar-refractivity contribution in [3.8, 4) is 0 Å². The zero-order valence-corrected chi connectivity index (χ0v) is 14.2. The first-order valence-electron chi connectivity index (χ1n) is 8.02. The molecule has 0 radical (unpaired) electrons. The average Bonchev–Trinajstić information content (AvgIpc) is 2.66. The Hall–Kier alpha value is -3.28. The van der Waals surface area contributed by atoms with Crippen molar-refractivity contribution >= 4 is 29.4 Å². The van der Waals surface area contributed by atoms with Crippen LogP contribution in [0.5, 0.6) is 0 Å². The molecule has 134 valence electrons. The van der Waals surface area contributed by atoms with Gasteiger partial charge in [0.1, 0.15) is 5.82 Å². The Bertz CT molecular complexity index is 828. The molecule has 2 aromatic carbocycles. The molecule has 2 rings (SSSR count). The van der Waals surface area contributed by atoms with E-state index in [9.17, 15) is 18.8 Å². The number of carbonyl (C=O) groups is 3. The fraction of sp³-hybridized carbons (Fsp3) is 0.150. The van der Waals surface area contributed by atoms with Gasteiger partial charge in [0.2, 0.25) is 5.91 Å². The number of hydrogen-bond donors (Lipinski definition) is 1. The van der Waals surface area contributed by atoms with Crippen LogP contribution in [0, 0.1) is 5.82 Å². The quantitative estimate of drug-likeness (QED) is 0.468. The monoisotopic (exact) mass is 355 g/mol. The summed E-state index contributed by atoms with van der Waals surface area (Å²) in [5.74, 6) is -1.71. The van der Waals surface area contributed by atoms with Gasteiger partial charge >= 0.3 is 5.97 Å². The van der Waals surface area contributed by atoms with E-state index in [1.807, 2.05) is 0 Å². The molecule has 0 bridgehead atoms. The summed E-state index contributed by atoms with van der Waals surface area (Å²) in [5.41, 5.74) is 1.18. The molecule has 26 heavy (non-hydrogen) atoms. The minimum absolute atomic E-state index is 0.125. The molecule has 5 nitrogen and oxygen atoms in total. The lowest BCUT2D eigenvalue weighted by atomic mass is 10.1. The van der Waals surface area contributed by atoms with Crippen LogP contribution < -0.4 is 5.32 Å². The van der Waals surface area contributed by atoms with Crippen molar-refractivity contribution in [1.82, 2.24) is 0 Å². The summed E-state index contributed by atoms with van der Waals surface area (Å²) < 4.78 is 18.3. The first-order valence-corrected chi connectivity index (χ1v) is 8.02. The number of benzene rings is 2. The summed E-state index contributed by atoms with van der Waals surface area (Å²) in [4.78, 5) is 35.0. The van der Waals surface area contributed by atoms with Crippen molar-refractivity contribution in [3.05, 3.63) is 71.6 Å². The van der Waals surface area contributed by atoms with Gasteiger partial charge in [-0.25, -0.2) is 9.18 Å². The number of esters is 1. The number of Topliss-reactive ketones (excluding diaryl/α,β-unsaturated/α-hetero) is 1. The number of rotatable bonds is 7. The fourth-order valence-corrected chi connectivity index (χ4v) is 2.03. The van der Waals surface area contributed by atoms with Crippen molar-refractivity contribution in [3.63, 3.8) is 0 Å². The Kier molecular flexibility index (Phi) is 6.79. The molecule has 0 aliphatic carbocycles. The minimum atomic E-state index is -0.742. The third-order valence-electron chi connectivity index (χ3n) is 3.46. The fourth-order valence-electron chi connectivity index (χ4n) is 2.03.